The molecule has 35 heavy (non-hydrogen) atoms. The van der Waals surface area contributed by atoms with Crippen molar-refractivity contribution < 1.29 is 14.6 Å². The van der Waals surface area contributed by atoms with E-state index in [-0.39, 0.29) is 24.0 Å². The van der Waals surface area contributed by atoms with Crippen molar-refractivity contribution in [1.29, 1.82) is 0 Å². The van der Waals surface area contributed by atoms with E-state index in [0.717, 1.165) is 36.3 Å². The summed E-state index contributed by atoms with van der Waals surface area (Å²) in [5.41, 5.74) is 4.98. The highest BCUT2D eigenvalue weighted by atomic mass is 16.5. The minimum absolute atomic E-state index is 0.0151. The van der Waals surface area contributed by atoms with Crippen LogP contribution in [0.1, 0.15) is 56.7 Å². The minimum atomic E-state index is -0.839. The van der Waals surface area contributed by atoms with Gasteiger partial charge in [0.15, 0.2) is 0 Å². The summed E-state index contributed by atoms with van der Waals surface area (Å²) in [5.74, 6) is 0.446. The fraction of sp³-hybridized carbons (Fsp3) is 0.323. The average molecular weight is 468 g/mol. The molecule has 1 unspecified atom stereocenters. The lowest BCUT2D eigenvalue weighted by Crippen LogP contribution is -2.38. The Kier molecular flexibility index (Phi) is 6.48. The van der Waals surface area contributed by atoms with Gasteiger partial charge in [0.1, 0.15) is 11.9 Å². The highest BCUT2D eigenvalue weighted by Gasteiger charge is 2.35. The summed E-state index contributed by atoms with van der Waals surface area (Å²) in [6.45, 7) is 6.92. The van der Waals surface area contributed by atoms with E-state index in [1.54, 1.807) is 0 Å². The van der Waals surface area contributed by atoms with Crippen molar-refractivity contribution in [3.05, 3.63) is 101 Å². The van der Waals surface area contributed by atoms with Crippen LogP contribution in [0.25, 0.3) is 10.8 Å². The second-order valence-corrected chi connectivity index (χ2v) is 9.98. The largest absolute Gasteiger partial charge is 0.489 e. The number of carbonyl (C=O) groups is 1. The minimum Gasteiger partial charge on any atom is -0.489 e. The lowest BCUT2D eigenvalue weighted by atomic mass is 9.73. The molecule has 0 bridgehead atoms. The van der Waals surface area contributed by atoms with E-state index in [0.29, 0.717) is 5.57 Å². The molecular formula is C31H33NO3. The van der Waals surface area contributed by atoms with Crippen molar-refractivity contribution in [3.63, 3.8) is 0 Å². The molecule has 0 amide bonds. The molecule has 0 fully saturated rings. The van der Waals surface area contributed by atoms with Crippen molar-refractivity contribution >= 4 is 16.7 Å². The third-order valence-electron chi connectivity index (χ3n) is 7.78. The quantitative estimate of drug-likeness (QED) is 0.419. The molecule has 0 saturated carbocycles. The Labute approximate surface area is 207 Å². The number of rotatable bonds is 6. The Morgan fingerprint density at radius 2 is 1.80 bits per heavy atom. The molecule has 1 heterocycles. The average Bonchev–Trinajstić information content (AvgIpc) is 2.87. The molecule has 5 rings (SSSR count). The van der Waals surface area contributed by atoms with Gasteiger partial charge in [0.05, 0.1) is 5.57 Å². The number of ether oxygens (including phenoxy) is 1. The number of aliphatic carboxylic acids is 1. The van der Waals surface area contributed by atoms with Crippen LogP contribution in [0.2, 0.25) is 0 Å². The van der Waals surface area contributed by atoms with Crippen LogP contribution >= 0.6 is 0 Å². The van der Waals surface area contributed by atoms with Crippen molar-refractivity contribution in [2.24, 2.45) is 5.92 Å². The van der Waals surface area contributed by atoms with Crippen LogP contribution in [0.3, 0.4) is 0 Å². The van der Waals surface area contributed by atoms with E-state index in [1.165, 1.54) is 21.9 Å². The van der Waals surface area contributed by atoms with E-state index in [9.17, 15) is 9.90 Å². The van der Waals surface area contributed by atoms with Gasteiger partial charge < -0.3 is 15.2 Å². The van der Waals surface area contributed by atoms with Crippen molar-refractivity contribution in [1.82, 2.24) is 5.32 Å². The first-order valence-corrected chi connectivity index (χ1v) is 12.5. The third kappa shape index (κ3) is 4.63. The number of benzene rings is 3. The van der Waals surface area contributed by atoms with E-state index < -0.39 is 5.97 Å². The predicted molar refractivity (Wildman–Crippen MR) is 141 cm³/mol. The summed E-state index contributed by atoms with van der Waals surface area (Å²) in [6, 6.07) is 23.4. The zero-order valence-electron chi connectivity index (χ0n) is 20.6. The molecule has 0 aromatic heterocycles. The van der Waals surface area contributed by atoms with Crippen molar-refractivity contribution in [2.75, 3.05) is 6.54 Å². The topological polar surface area (TPSA) is 58.6 Å². The van der Waals surface area contributed by atoms with Gasteiger partial charge in [0, 0.05) is 12.6 Å². The first-order valence-electron chi connectivity index (χ1n) is 12.5. The molecule has 0 saturated heterocycles. The monoisotopic (exact) mass is 467 g/mol. The number of hydrogen-bond acceptors (Lipinski definition) is 3. The van der Waals surface area contributed by atoms with Crippen LogP contribution in [0.5, 0.6) is 5.75 Å². The number of para-hydroxylation sites is 1. The maximum absolute atomic E-state index is 11.9. The summed E-state index contributed by atoms with van der Waals surface area (Å²) >= 11 is 0. The van der Waals surface area contributed by atoms with Gasteiger partial charge in [-0.15, -0.1) is 0 Å². The van der Waals surface area contributed by atoms with Gasteiger partial charge in [-0.3, -0.25) is 0 Å². The number of nitrogens with one attached hydrogen (secondary N) is 1. The number of carboxylic acid groups (broad SMARTS) is 1. The maximum atomic E-state index is 11.9. The molecule has 0 radical (unpaired) electrons. The van der Waals surface area contributed by atoms with Crippen LogP contribution in [0, 0.1) is 5.92 Å². The fourth-order valence-corrected chi connectivity index (χ4v) is 5.73. The normalized spacial score (nSPS) is 22.8. The molecule has 1 aliphatic heterocycles. The van der Waals surface area contributed by atoms with Gasteiger partial charge in [-0.1, -0.05) is 72.3 Å². The third-order valence-corrected chi connectivity index (χ3v) is 7.78. The number of carboxylic acids is 1. The smallest absolute Gasteiger partial charge is 0.335 e. The van der Waals surface area contributed by atoms with Crippen LogP contribution in [-0.2, 0) is 4.79 Å². The molecule has 2 aliphatic rings. The van der Waals surface area contributed by atoms with Crippen molar-refractivity contribution in [2.45, 2.75) is 51.7 Å². The Morgan fingerprint density at radius 3 is 2.63 bits per heavy atom. The summed E-state index contributed by atoms with van der Waals surface area (Å²) in [4.78, 5) is 11.9. The van der Waals surface area contributed by atoms with Gasteiger partial charge in [0.25, 0.3) is 0 Å². The van der Waals surface area contributed by atoms with Crippen LogP contribution in [-0.4, -0.2) is 23.7 Å². The Bertz CT molecular complexity index is 1320. The van der Waals surface area contributed by atoms with Gasteiger partial charge in [-0.2, -0.15) is 0 Å². The van der Waals surface area contributed by atoms with Gasteiger partial charge in [0.2, 0.25) is 0 Å². The van der Waals surface area contributed by atoms with Gasteiger partial charge >= 0.3 is 5.97 Å². The number of allylic oxidation sites excluding steroid dienone is 2. The van der Waals surface area contributed by atoms with E-state index in [1.807, 2.05) is 25.1 Å². The summed E-state index contributed by atoms with van der Waals surface area (Å²) in [6.07, 6.45) is 3.74. The summed E-state index contributed by atoms with van der Waals surface area (Å²) in [7, 11) is 0. The van der Waals surface area contributed by atoms with Gasteiger partial charge in [-0.05, 0) is 79.0 Å². The second-order valence-electron chi connectivity index (χ2n) is 9.98. The molecule has 4 heteroatoms. The van der Waals surface area contributed by atoms with E-state index in [4.69, 9.17) is 4.74 Å². The first-order chi connectivity index (χ1) is 16.9. The molecule has 2 N–H and O–H groups in total. The van der Waals surface area contributed by atoms with Gasteiger partial charge in [-0.25, -0.2) is 4.79 Å². The Balaban J connectivity index is 1.37. The van der Waals surface area contributed by atoms with Crippen LogP contribution in [0.15, 0.2) is 89.5 Å². The molecule has 3 aromatic rings. The number of hydrogen-bond donors (Lipinski definition) is 2. The summed E-state index contributed by atoms with van der Waals surface area (Å²) in [5, 5.41) is 16.0. The Morgan fingerprint density at radius 1 is 1.06 bits per heavy atom. The SMILES string of the molecule is CC1=C(C)C(C(=O)O)=CC([C@@H]2C[C@H](CN[C@H](C)c3cccc4ccccc34)Oc3ccccc32)C1. The van der Waals surface area contributed by atoms with Crippen LogP contribution in [0.4, 0.5) is 0 Å². The molecule has 4 atom stereocenters. The lowest BCUT2D eigenvalue weighted by Gasteiger charge is -2.38. The molecule has 180 valence electrons. The highest BCUT2D eigenvalue weighted by molar-refractivity contribution is 5.92. The lowest BCUT2D eigenvalue weighted by molar-refractivity contribution is -0.132. The predicted octanol–water partition coefficient (Wildman–Crippen LogP) is 6.79. The molecular weight excluding hydrogens is 434 g/mol. The second kappa shape index (κ2) is 9.71. The Hall–Kier alpha value is -3.37. The number of fused-ring (bicyclic) bond motifs is 2. The van der Waals surface area contributed by atoms with Crippen molar-refractivity contribution in [3.8, 4) is 5.75 Å². The standard InChI is InChI=1S/C31H33NO3/c1-19-15-23(16-28(20(19)2)31(33)34)29-17-24(35-30-14-7-6-12-27(29)30)18-32-21(3)25-13-8-10-22-9-4-5-11-26(22)25/h4-14,16,21,23-24,29,32H,15,17-18H2,1-3H3,(H,33,34)/t21-,23?,24-,29+/m1/s1. The molecule has 3 aromatic carbocycles. The highest BCUT2D eigenvalue weighted by Crippen LogP contribution is 2.45. The zero-order valence-corrected chi connectivity index (χ0v) is 20.6. The molecule has 0 spiro atoms. The van der Waals surface area contributed by atoms with E-state index in [2.05, 4.69) is 73.8 Å². The fourth-order valence-electron chi connectivity index (χ4n) is 5.73. The zero-order chi connectivity index (χ0) is 24.5. The first kappa shape index (κ1) is 23.4. The summed E-state index contributed by atoms with van der Waals surface area (Å²) < 4.78 is 6.44. The molecule has 4 nitrogen and oxygen atoms in total. The van der Waals surface area contributed by atoms with E-state index >= 15 is 0 Å². The van der Waals surface area contributed by atoms with Crippen LogP contribution < -0.4 is 10.1 Å². The maximum Gasteiger partial charge on any atom is 0.335 e. The molecule has 1 aliphatic carbocycles.